The van der Waals surface area contributed by atoms with Crippen molar-refractivity contribution in [3.63, 3.8) is 0 Å². The van der Waals surface area contributed by atoms with E-state index in [0.29, 0.717) is 0 Å². The molecule has 2 aliphatic rings. The summed E-state index contributed by atoms with van der Waals surface area (Å²) in [5.74, 6) is 0. The van der Waals surface area contributed by atoms with Crippen molar-refractivity contribution in [3.8, 4) is 0 Å². The van der Waals surface area contributed by atoms with Crippen molar-refractivity contribution in [2.45, 2.75) is 58.0 Å². The molecule has 3 heteroatoms. The number of nitrogens with two attached hydrogens (primary N) is 1. The van der Waals surface area contributed by atoms with Gasteiger partial charge in [-0.3, -0.25) is 9.80 Å². The highest BCUT2D eigenvalue weighted by Gasteiger charge is 2.25. The summed E-state index contributed by atoms with van der Waals surface area (Å²) < 4.78 is 0. The largest absolute Gasteiger partial charge is 0.333 e. The molecule has 2 rings (SSSR count). The van der Waals surface area contributed by atoms with Gasteiger partial charge in [0.25, 0.3) is 0 Å². The minimum atomic E-state index is 0.735. The lowest BCUT2D eigenvalue weighted by molar-refractivity contribution is 0.0644. The normalized spacial score (nSPS) is 24.5. The topological polar surface area (TPSA) is 32.5 Å². The Kier molecular flexibility index (Phi) is 7.09. The average Bonchev–Trinajstić information content (AvgIpc) is 2.42. The van der Waals surface area contributed by atoms with Crippen LogP contribution in [0.4, 0.5) is 0 Å². The Morgan fingerprint density at radius 1 is 0.882 bits per heavy atom. The van der Waals surface area contributed by atoms with E-state index in [1.54, 1.807) is 0 Å². The quantitative estimate of drug-likeness (QED) is 0.802. The second kappa shape index (κ2) is 8.06. The van der Waals surface area contributed by atoms with Gasteiger partial charge in [-0.05, 0) is 33.7 Å². The molecule has 1 saturated heterocycles. The lowest BCUT2D eigenvalue weighted by Crippen LogP contribution is -2.52. The van der Waals surface area contributed by atoms with E-state index in [1.165, 1.54) is 65.3 Å². The highest BCUT2D eigenvalue weighted by Crippen LogP contribution is 2.23. The third kappa shape index (κ3) is 4.57. The molecule has 0 spiro atoms. The fraction of sp³-hybridized carbons (Fsp3) is 1.00. The molecule has 1 aliphatic heterocycles. The van der Waals surface area contributed by atoms with E-state index >= 15 is 0 Å². The zero-order chi connectivity index (χ0) is 12.7. The molecule has 0 radical (unpaired) electrons. The Hall–Kier alpha value is -0.120. The molecule has 0 bridgehead atoms. The second-order valence-electron chi connectivity index (χ2n) is 5.46. The zero-order valence-corrected chi connectivity index (χ0v) is 12.0. The molecule has 2 fully saturated rings. The molecule has 17 heavy (non-hydrogen) atoms. The first-order valence-electron chi connectivity index (χ1n) is 7.33. The van der Waals surface area contributed by atoms with Crippen molar-refractivity contribution < 1.29 is 0 Å². The SMILES string of the molecule is CC(C)N1CCN(C2CCCCC2)CC1.CN. The first-order valence-corrected chi connectivity index (χ1v) is 7.33. The van der Waals surface area contributed by atoms with Gasteiger partial charge in [-0.25, -0.2) is 0 Å². The fourth-order valence-corrected chi connectivity index (χ4v) is 3.07. The van der Waals surface area contributed by atoms with Gasteiger partial charge in [-0.2, -0.15) is 0 Å². The lowest BCUT2D eigenvalue weighted by atomic mass is 9.94. The van der Waals surface area contributed by atoms with Crippen LogP contribution in [0.15, 0.2) is 0 Å². The summed E-state index contributed by atoms with van der Waals surface area (Å²) >= 11 is 0. The van der Waals surface area contributed by atoms with Gasteiger partial charge in [0.1, 0.15) is 0 Å². The second-order valence-corrected chi connectivity index (χ2v) is 5.46. The molecular formula is C14H31N3. The number of piperazine rings is 1. The molecule has 0 aromatic carbocycles. The van der Waals surface area contributed by atoms with Gasteiger partial charge in [-0.1, -0.05) is 19.3 Å². The molecule has 0 unspecified atom stereocenters. The van der Waals surface area contributed by atoms with E-state index in [0.717, 1.165) is 12.1 Å². The van der Waals surface area contributed by atoms with Crippen LogP contribution in [0.5, 0.6) is 0 Å². The molecule has 0 atom stereocenters. The third-order valence-electron chi connectivity index (χ3n) is 4.17. The van der Waals surface area contributed by atoms with Crippen LogP contribution in [0.3, 0.4) is 0 Å². The number of hydrogen-bond donors (Lipinski definition) is 1. The Morgan fingerprint density at radius 3 is 1.88 bits per heavy atom. The van der Waals surface area contributed by atoms with Gasteiger partial charge >= 0.3 is 0 Å². The summed E-state index contributed by atoms with van der Waals surface area (Å²) in [5.41, 5.74) is 4.50. The molecule has 1 aliphatic carbocycles. The Labute approximate surface area is 107 Å². The van der Waals surface area contributed by atoms with Crippen molar-refractivity contribution >= 4 is 0 Å². The summed E-state index contributed by atoms with van der Waals surface area (Å²) in [6.45, 7) is 9.82. The van der Waals surface area contributed by atoms with Crippen LogP contribution in [0.25, 0.3) is 0 Å². The predicted molar refractivity (Wildman–Crippen MR) is 75.3 cm³/mol. The van der Waals surface area contributed by atoms with Gasteiger partial charge in [-0.15, -0.1) is 0 Å². The summed E-state index contributed by atoms with van der Waals surface area (Å²) in [6.07, 6.45) is 7.33. The van der Waals surface area contributed by atoms with Gasteiger partial charge in [0, 0.05) is 38.3 Å². The molecular weight excluding hydrogens is 210 g/mol. The van der Waals surface area contributed by atoms with E-state index in [-0.39, 0.29) is 0 Å². The Balaban J connectivity index is 0.000000686. The predicted octanol–water partition coefficient (Wildman–Crippen LogP) is 1.92. The van der Waals surface area contributed by atoms with E-state index in [9.17, 15) is 0 Å². The van der Waals surface area contributed by atoms with Gasteiger partial charge < -0.3 is 5.73 Å². The van der Waals surface area contributed by atoms with Crippen molar-refractivity contribution in [2.75, 3.05) is 33.2 Å². The van der Waals surface area contributed by atoms with Crippen LogP contribution in [0.2, 0.25) is 0 Å². The highest BCUT2D eigenvalue weighted by molar-refractivity contribution is 4.81. The van der Waals surface area contributed by atoms with Gasteiger partial charge in [0.05, 0.1) is 0 Å². The number of hydrogen-bond acceptors (Lipinski definition) is 3. The molecule has 0 amide bonds. The smallest absolute Gasteiger partial charge is 0.0113 e. The molecule has 3 nitrogen and oxygen atoms in total. The van der Waals surface area contributed by atoms with Crippen molar-refractivity contribution in [3.05, 3.63) is 0 Å². The maximum Gasteiger partial charge on any atom is 0.0113 e. The third-order valence-corrected chi connectivity index (χ3v) is 4.17. The van der Waals surface area contributed by atoms with E-state index < -0.39 is 0 Å². The maximum absolute atomic E-state index is 4.50. The molecule has 0 aromatic rings. The standard InChI is InChI=1S/C13H26N2.CH5N/c1-12(2)14-8-10-15(11-9-14)13-6-4-3-5-7-13;1-2/h12-13H,3-11H2,1-2H3;2H2,1H3. The Bertz CT molecular complexity index is 180. The van der Waals surface area contributed by atoms with E-state index in [4.69, 9.17) is 0 Å². The first kappa shape index (κ1) is 14.9. The van der Waals surface area contributed by atoms with Crippen LogP contribution in [-0.2, 0) is 0 Å². The van der Waals surface area contributed by atoms with E-state index in [1.807, 2.05) is 0 Å². The number of rotatable bonds is 2. The summed E-state index contributed by atoms with van der Waals surface area (Å²) in [4.78, 5) is 5.36. The van der Waals surface area contributed by atoms with Gasteiger partial charge in [0.15, 0.2) is 0 Å². The monoisotopic (exact) mass is 241 g/mol. The molecule has 1 saturated carbocycles. The summed E-state index contributed by atoms with van der Waals surface area (Å²) in [7, 11) is 1.50. The zero-order valence-electron chi connectivity index (χ0n) is 12.0. The minimum absolute atomic E-state index is 0.735. The summed E-state index contributed by atoms with van der Waals surface area (Å²) in [6, 6.07) is 1.66. The minimum Gasteiger partial charge on any atom is -0.333 e. The molecule has 2 N–H and O–H groups in total. The molecule has 102 valence electrons. The molecule has 1 heterocycles. The summed E-state index contributed by atoms with van der Waals surface area (Å²) in [5, 5.41) is 0. The van der Waals surface area contributed by atoms with Crippen LogP contribution in [0, 0.1) is 0 Å². The van der Waals surface area contributed by atoms with Crippen LogP contribution in [-0.4, -0.2) is 55.1 Å². The highest BCUT2D eigenvalue weighted by atomic mass is 15.3. The Morgan fingerprint density at radius 2 is 1.41 bits per heavy atom. The van der Waals surface area contributed by atoms with Crippen LogP contribution >= 0.6 is 0 Å². The maximum atomic E-state index is 4.50. The molecule has 0 aromatic heterocycles. The average molecular weight is 241 g/mol. The number of nitrogens with zero attached hydrogens (tertiary/aromatic N) is 2. The van der Waals surface area contributed by atoms with E-state index in [2.05, 4.69) is 29.4 Å². The van der Waals surface area contributed by atoms with Crippen LogP contribution in [0.1, 0.15) is 46.0 Å². The first-order chi connectivity index (χ1) is 8.27. The lowest BCUT2D eigenvalue weighted by Gasteiger charge is -2.42. The van der Waals surface area contributed by atoms with Gasteiger partial charge in [0.2, 0.25) is 0 Å². The van der Waals surface area contributed by atoms with Crippen LogP contribution < -0.4 is 5.73 Å². The van der Waals surface area contributed by atoms with Crippen molar-refractivity contribution in [1.82, 2.24) is 9.80 Å². The van der Waals surface area contributed by atoms with Crippen molar-refractivity contribution in [2.24, 2.45) is 5.73 Å². The fourth-order valence-electron chi connectivity index (χ4n) is 3.07. The van der Waals surface area contributed by atoms with Crippen molar-refractivity contribution in [1.29, 1.82) is 0 Å².